The molecule has 8 nitrogen and oxygen atoms in total. The van der Waals surface area contributed by atoms with E-state index in [1.54, 1.807) is 11.8 Å². The number of rotatable bonds is 7. The lowest BCUT2D eigenvalue weighted by atomic mass is 9.78. The minimum absolute atomic E-state index is 0.135. The average Bonchev–Trinajstić information content (AvgIpc) is 3.24. The monoisotopic (exact) mass is 426 g/mol. The van der Waals surface area contributed by atoms with Gasteiger partial charge in [-0.1, -0.05) is 24.3 Å². The molecule has 31 heavy (non-hydrogen) atoms. The van der Waals surface area contributed by atoms with Crippen molar-refractivity contribution in [1.82, 2.24) is 9.88 Å². The van der Waals surface area contributed by atoms with E-state index < -0.39 is 30.1 Å². The number of nitrogens with zero attached hydrogens (tertiary/aromatic N) is 1. The Labute approximate surface area is 179 Å². The molecule has 8 heteroatoms. The van der Waals surface area contributed by atoms with Gasteiger partial charge in [0.05, 0.1) is 24.6 Å². The Hall–Kier alpha value is -3.29. The molecule has 0 spiro atoms. The molecule has 0 unspecified atom stereocenters. The largest absolute Gasteiger partial charge is 0.509 e. The van der Waals surface area contributed by atoms with E-state index in [0.717, 1.165) is 22.9 Å². The Balaban J connectivity index is 1.64. The molecule has 2 heterocycles. The number of allylic oxidation sites excluding steroid dienone is 1. The zero-order chi connectivity index (χ0) is 22.0. The molecule has 2 aromatic rings. The maximum atomic E-state index is 13.4. The molecule has 4 rings (SSSR count). The maximum Gasteiger partial charge on any atom is 0.509 e. The number of H-pyrrole nitrogens is 1. The van der Waals surface area contributed by atoms with Gasteiger partial charge >= 0.3 is 12.1 Å². The number of aromatic nitrogens is 1. The lowest BCUT2D eigenvalue weighted by Crippen LogP contribution is -2.44. The fourth-order valence-corrected chi connectivity index (χ4v) is 4.80. The summed E-state index contributed by atoms with van der Waals surface area (Å²) >= 11 is 0. The zero-order valence-corrected chi connectivity index (χ0v) is 17.4. The third kappa shape index (κ3) is 3.78. The highest BCUT2D eigenvalue weighted by Gasteiger charge is 2.60. The van der Waals surface area contributed by atoms with Gasteiger partial charge in [0.15, 0.2) is 5.60 Å². The Morgan fingerprint density at radius 3 is 2.90 bits per heavy atom. The van der Waals surface area contributed by atoms with Crippen LogP contribution in [-0.2, 0) is 25.5 Å². The number of benzene rings is 1. The second kappa shape index (κ2) is 8.45. The molecule has 0 radical (unpaired) electrons. The van der Waals surface area contributed by atoms with Crippen LogP contribution in [0.4, 0.5) is 4.79 Å². The topological polar surface area (TPSA) is 109 Å². The highest BCUT2D eigenvalue weighted by Crippen LogP contribution is 2.49. The van der Waals surface area contributed by atoms with Gasteiger partial charge in [0.2, 0.25) is 5.91 Å². The van der Waals surface area contributed by atoms with Gasteiger partial charge in [-0.05, 0) is 44.2 Å². The van der Waals surface area contributed by atoms with Gasteiger partial charge in [-0.15, -0.1) is 0 Å². The number of carboxylic acids is 1. The molecule has 1 fully saturated rings. The smallest absolute Gasteiger partial charge is 0.481 e. The lowest BCUT2D eigenvalue weighted by Gasteiger charge is -2.36. The van der Waals surface area contributed by atoms with Crippen molar-refractivity contribution in [3.05, 3.63) is 47.8 Å². The second-order valence-electron chi connectivity index (χ2n) is 7.91. The van der Waals surface area contributed by atoms with Crippen LogP contribution in [0.2, 0.25) is 0 Å². The van der Waals surface area contributed by atoms with Gasteiger partial charge < -0.3 is 24.5 Å². The number of aromatic amines is 1. The fraction of sp³-hybridized carbons (Fsp3) is 0.435. The van der Waals surface area contributed by atoms with Crippen molar-refractivity contribution in [1.29, 1.82) is 0 Å². The van der Waals surface area contributed by atoms with E-state index in [2.05, 4.69) is 4.98 Å². The van der Waals surface area contributed by atoms with Gasteiger partial charge in [-0.2, -0.15) is 0 Å². The van der Waals surface area contributed by atoms with Crippen molar-refractivity contribution >= 4 is 28.9 Å². The van der Waals surface area contributed by atoms with Crippen LogP contribution in [0.3, 0.4) is 0 Å². The first-order valence-electron chi connectivity index (χ1n) is 10.6. The predicted molar refractivity (Wildman–Crippen MR) is 112 cm³/mol. The Morgan fingerprint density at radius 1 is 1.32 bits per heavy atom. The summed E-state index contributed by atoms with van der Waals surface area (Å²) in [6.45, 7) is 2.17. The highest BCUT2D eigenvalue weighted by molar-refractivity contribution is 5.91. The molecule has 164 valence electrons. The normalized spacial score (nSPS) is 22.9. The minimum Gasteiger partial charge on any atom is -0.481 e. The summed E-state index contributed by atoms with van der Waals surface area (Å²) in [5.41, 5.74) is 1.38. The van der Waals surface area contributed by atoms with Crippen LogP contribution < -0.4 is 0 Å². The Morgan fingerprint density at radius 2 is 2.13 bits per heavy atom. The number of carbonyl (C=O) groups excluding carboxylic acids is 2. The number of aliphatic carboxylic acids is 1. The summed E-state index contributed by atoms with van der Waals surface area (Å²) in [6, 6.07) is 7.93. The first-order chi connectivity index (χ1) is 15.0. The third-order valence-corrected chi connectivity index (χ3v) is 6.13. The summed E-state index contributed by atoms with van der Waals surface area (Å²) in [5, 5.41) is 10.5. The second-order valence-corrected chi connectivity index (χ2v) is 7.91. The van der Waals surface area contributed by atoms with Gasteiger partial charge in [0, 0.05) is 23.6 Å². The quantitative estimate of drug-likeness (QED) is 0.655. The van der Waals surface area contributed by atoms with Crippen molar-refractivity contribution in [2.45, 2.75) is 44.6 Å². The van der Waals surface area contributed by atoms with Crippen LogP contribution in [-0.4, -0.2) is 51.8 Å². The molecule has 1 aromatic carbocycles. The number of hydrogen-bond acceptors (Lipinski definition) is 5. The molecule has 1 aromatic heterocycles. The minimum atomic E-state index is -1.29. The highest BCUT2D eigenvalue weighted by atomic mass is 16.7. The number of likely N-dealkylation sites (tertiary alicyclic amines) is 1. The number of nitrogens with one attached hydrogen (secondary N) is 1. The fourth-order valence-electron chi connectivity index (χ4n) is 4.80. The molecule has 0 bridgehead atoms. The van der Waals surface area contributed by atoms with Crippen molar-refractivity contribution in [2.24, 2.45) is 5.92 Å². The van der Waals surface area contributed by atoms with Crippen LogP contribution in [0.5, 0.6) is 0 Å². The Bertz CT molecular complexity index is 1040. The van der Waals surface area contributed by atoms with E-state index in [1.807, 2.05) is 36.5 Å². The first kappa shape index (κ1) is 21.0. The molecule has 0 saturated carbocycles. The first-order valence-corrected chi connectivity index (χ1v) is 10.6. The zero-order valence-electron chi connectivity index (χ0n) is 17.4. The molecule has 1 aliphatic carbocycles. The summed E-state index contributed by atoms with van der Waals surface area (Å²) < 4.78 is 10.7. The van der Waals surface area contributed by atoms with Crippen LogP contribution in [0, 0.1) is 5.92 Å². The SMILES string of the molecule is CCOC(=O)O[C@@]12CCCC=C1N(CCc1c[nH]c3ccccc13)C(=O)[C@H]2CC(=O)O. The molecule has 2 atom stereocenters. The lowest BCUT2D eigenvalue weighted by molar-refractivity contribution is -0.145. The number of ether oxygens (including phenoxy) is 2. The molecule has 2 N–H and O–H groups in total. The van der Waals surface area contributed by atoms with E-state index in [4.69, 9.17) is 9.47 Å². The predicted octanol–water partition coefficient (Wildman–Crippen LogP) is 3.62. The molecule has 1 amide bonds. The Kier molecular flexibility index (Phi) is 5.71. The van der Waals surface area contributed by atoms with Crippen LogP contribution in [0.15, 0.2) is 42.2 Å². The summed E-state index contributed by atoms with van der Waals surface area (Å²) in [7, 11) is 0. The molecular weight excluding hydrogens is 400 g/mol. The van der Waals surface area contributed by atoms with Crippen molar-refractivity contribution in [2.75, 3.05) is 13.2 Å². The third-order valence-electron chi connectivity index (χ3n) is 6.13. The number of hydrogen-bond donors (Lipinski definition) is 2. The van der Waals surface area contributed by atoms with Gasteiger partial charge in [0.25, 0.3) is 0 Å². The van der Waals surface area contributed by atoms with Crippen LogP contribution in [0.25, 0.3) is 10.9 Å². The summed E-state index contributed by atoms with van der Waals surface area (Å²) in [5.74, 6) is -2.39. The van der Waals surface area contributed by atoms with E-state index in [-0.39, 0.29) is 12.5 Å². The van der Waals surface area contributed by atoms with Crippen molar-refractivity contribution in [3.63, 3.8) is 0 Å². The van der Waals surface area contributed by atoms with E-state index in [0.29, 0.717) is 31.5 Å². The van der Waals surface area contributed by atoms with Crippen molar-refractivity contribution in [3.8, 4) is 0 Å². The number of amides is 1. The summed E-state index contributed by atoms with van der Waals surface area (Å²) in [4.78, 5) is 42.0. The van der Waals surface area contributed by atoms with Crippen LogP contribution >= 0.6 is 0 Å². The molecular formula is C23H26N2O6. The van der Waals surface area contributed by atoms with Gasteiger partial charge in [-0.3, -0.25) is 9.59 Å². The van der Waals surface area contributed by atoms with Crippen LogP contribution in [0.1, 0.15) is 38.2 Å². The number of para-hydroxylation sites is 1. The van der Waals surface area contributed by atoms with E-state index in [9.17, 15) is 19.5 Å². The molecule has 1 aliphatic heterocycles. The van der Waals surface area contributed by atoms with E-state index in [1.165, 1.54) is 0 Å². The molecule has 1 saturated heterocycles. The number of carboxylic acid groups (broad SMARTS) is 1. The number of fused-ring (bicyclic) bond motifs is 2. The average molecular weight is 426 g/mol. The molecule has 2 aliphatic rings. The summed E-state index contributed by atoms with van der Waals surface area (Å²) in [6.07, 6.45) is 4.96. The van der Waals surface area contributed by atoms with E-state index >= 15 is 0 Å². The van der Waals surface area contributed by atoms with Crippen molar-refractivity contribution < 1.29 is 29.0 Å². The number of carbonyl (C=O) groups is 3. The van der Waals surface area contributed by atoms with Gasteiger partial charge in [-0.25, -0.2) is 4.79 Å². The standard InChI is InChI=1S/C23H26N2O6/c1-2-30-22(29)31-23-11-6-5-9-19(23)25(21(28)17(23)13-20(26)27)12-10-15-14-24-18-8-4-3-7-16(15)18/h3-4,7-9,14,17,24H,2,5-6,10-13H2,1H3,(H,26,27)/t17-,23-/m1/s1. The van der Waals surface area contributed by atoms with Gasteiger partial charge in [0.1, 0.15) is 0 Å². The maximum absolute atomic E-state index is 13.4.